The van der Waals surface area contributed by atoms with E-state index in [1.807, 2.05) is 0 Å². The zero-order chi connectivity index (χ0) is 28.3. The van der Waals surface area contributed by atoms with E-state index in [0.29, 0.717) is 30.9 Å². The monoisotopic (exact) mass is 592 g/mol. The molecule has 0 N–H and O–H groups in total. The first-order chi connectivity index (χ1) is 19.2. The van der Waals surface area contributed by atoms with Gasteiger partial charge >= 0.3 is 0 Å². The molecule has 2 heterocycles. The van der Waals surface area contributed by atoms with E-state index < -0.39 is 21.7 Å². The minimum atomic E-state index is -3.70. The van der Waals surface area contributed by atoms with E-state index in [4.69, 9.17) is 4.74 Å². The molecule has 1 aliphatic heterocycles. The van der Waals surface area contributed by atoms with Crippen molar-refractivity contribution in [3.8, 4) is 0 Å². The van der Waals surface area contributed by atoms with Gasteiger partial charge in [0.1, 0.15) is 11.3 Å². The maximum atomic E-state index is 14.4. The van der Waals surface area contributed by atoms with E-state index in [0.717, 1.165) is 69.1 Å². The standard InChI is InChI=1S/C28H34F2N4O4S2/c1-32(22-6-3-2-4-7-22)40(36,37)23-10-8-20(9-11-23)27(35)34(13-5-12-33-14-16-38-17-15-33)28-31-26-24(30)18-21(29)19-25(26)39-28/h8-11,18-19,22H,2-7,12-17H2,1H3. The molecule has 0 unspecified atom stereocenters. The molecular formula is C28H34F2N4O4S2. The molecule has 1 amide bonds. The van der Waals surface area contributed by atoms with Crippen LogP contribution in [0.4, 0.5) is 13.9 Å². The van der Waals surface area contributed by atoms with Crippen LogP contribution in [0.1, 0.15) is 48.9 Å². The summed E-state index contributed by atoms with van der Waals surface area (Å²) in [5.74, 6) is -1.87. The number of ether oxygens (including phenoxy) is 1. The van der Waals surface area contributed by atoms with Crippen LogP contribution in [0, 0.1) is 11.6 Å². The van der Waals surface area contributed by atoms with Crippen LogP contribution >= 0.6 is 11.3 Å². The lowest BCUT2D eigenvalue weighted by Crippen LogP contribution is -2.39. The second-order valence-corrected chi connectivity index (χ2v) is 13.3. The number of morpholine rings is 1. The van der Waals surface area contributed by atoms with Gasteiger partial charge in [-0.15, -0.1) is 0 Å². The first kappa shape index (κ1) is 29.0. The third-order valence-electron chi connectivity index (χ3n) is 7.70. The number of hydrogen-bond donors (Lipinski definition) is 0. The second kappa shape index (κ2) is 12.6. The zero-order valence-electron chi connectivity index (χ0n) is 22.5. The van der Waals surface area contributed by atoms with Crippen molar-refractivity contribution >= 4 is 42.6 Å². The number of fused-ring (bicyclic) bond motifs is 1. The Hall–Kier alpha value is -2.51. The van der Waals surface area contributed by atoms with Gasteiger partial charge in [0.25, 0.3) is 5.91 Å². The molecule has 1 saturated carbocycles. The fourth-order valence-electron chi connectivity index (χ4n) is 5.35. The number of thiazole rings is 1. The zero-order valence-corrected chi connectivity index (χ0v) is 24.2. The lowest BCUT2D eigenvalue weighted by molar-refractivity contribution is 0.0376. The molecule has 1 aliphatic carbocycles. The van der Waals surface area contributed by atoms with Gasteiger partial charge in [-0.2, -0.15) is 4.31 Å². The molecule has 12 heteroatoms. The first-order valence-electron chi connectivity index (χ1n) is 13.7. The quantitative estimate of drug-likeness (QED) is 0.352. The highest BCUT2D eigenvalue weighted by Gasteiger charge is 2.30. The summed E-state index contributed by atoms with van der Waals surface area (Å²) in [6.45, 7) is 4.00. The van der Waals surface area contributed by atoms with Crippen molar-refractivity contribution in [2.75, 3.05) is 51.3 Å². The number of anilines is 1. The van der Waals surface area contributed by atoms with Crippen LogP contribution in [0.5, 0.6) is 0 Å². The maximum Gasteiger partial charge on any atom is 0.260 e. The predicted octanol–water partition coefficient (Wildman–Crippen LogP) is 4.90. The SMILES string of the molecule is CN(C1CCCCC1)S(=O)(=O)c1ccc(C(=O)N(CCCN2CCOCC2)c2nc3c(F)cc(F)cc3s2)cc1. The Morgan fingerprint density at radius 1 is 1.10 bits per heavy atom. The molecular weight excluding hydrogens is 558 g/mol. The summed E-state index contributed by atoms with van der Waals surface area (Å²) in [6, 6.07) is 7.89. The molecule has 5 rings (SSSR count). The molecule has 0 radical (unpaired) electrons. The van der Waals surface area contributed by atoms with Crippen molar-refractivity contribution in [3.63, 3.8) is 0 Å². The summed E-state index contributed by atoms with van der Waals surface area (Å²) in [4.78, 5) is 21.9. The molecule has 0 atom stereocenters. The van der Waals surface area contributed by atoms with E-state index in [1.54, 1.807) is 7.05 Å². The minimum absolute atomic E-state index is 0.0135. The molecule has 1 saturated heterocycles. The molecule has 0 bridgehead atoms. The average molecular weight is 593 g/mol. The Kier molecular flexibility index (Phi) is 9.11. The summed E-state index contributed by atoms with van der Waals surface area (Å²) in [5, 5.41) is 0.264. The largest absolute Gasteiger partial charge is 0.379 e. The van der Waals surface area contributed by atoms with Crippen LogP contribution in [0.15, 0.2) is 41.3 Å². The van der Waals surface area contributed by atoms with Gasteiger partial charge in [-0.05, 0) is 49.6 Å². The molecule has 1 aromatic heterocycles. The fourth-order valence-corrected chi connectivity index (χ4v) is 7.80. The fraction of sp³-hybridized carbons (Fsp3) is 0.500. The van der Waals surface area contributed by atoms with E-state index in [9.17, 15) is 22.0 Å². The summed E-state index contributed by atoms with van der Waals surface area (Å²) in [6.07, 6.45) is 5.48. The lowest BCUT2D eigenvalue weighted by Gasteiger charge is -2.30. The van der Waals surface area contributed by atoms with Crippen LogP contribution < -0.4 is 4.90 Å². The van der Waals surface area contributed by atoms with E-state index >= 15 is 0 Å². The highest BCUT2D eigenvalue weighted by Crippen LogP contribution is 2.32. The number of amides is 1. The number of hydrogen-bond acceptors (Lipinski definition) is 7. The normalized spacial score (nSPS) is 17.5. The van der Waals surface area contributed by atoms with E-state index in [2.05, 4.69) is 9.88 Å². The maximum absolute atomic E-state index is 14.4. The molecule has 8 nitrogen and oxygen atoms in total. The summed E-state index contributed by atoms with van der Waals surface area (Å²) in [7, 11) is -2.08. The van der Waals surface area contributed by atoms with Gasteiger partial charge in [-0.1, -0.05) is 30.6 Å². The van der Waals surface area contributed by atoms with Crippen molar-refractivity contribution in [1.82, 2.24) is 14.2 Å². The van der Waals surface area contributed by atoms with Gasteiger partial charge in [0.2, 0.25) is 10.0 Å². The van der Waals surface area contributed by atoms with Crippen LogP contribution in [-0.4, -0.2) is 81.0 Å². The molecule has 0 spiro atoms. The van der Waals surface area contributed by atoms with Gasteiger partial charge in [-0.25, -0.2) is 22.2 Å². The van der Waals surface area contributed by atoms with Gasteiger partial charge in [0.05, 0.1) is 22.8 Å². The Balaban J connectivity index is 1.38. The summed E-state index contributed by atoms with van der Waals surface area (Å²) < 4.78 is 61.9. The van der Waals surface area contributed by atoms with Crippen LogP contribution in [0.3, 0.4) is 0 Å². The summed E-state index contributed by atoms with van der Waals surface area (Å²) >= 11 is 1.05. The van der Waals surface area contributed by atoms with Crippen LogP contribution in [0.2, 0.25) is 0 Å². The smallest absolute Gasteiger partial charge is 0.260 e. The second-order valence-electron chi connectivity index (χ2n) is 10.3. The van der Waals surface area contributed by atoms with E-state index in [-0.39, 0.29) is 33.1 Å². The minimum Gasteiger partial charge on any atom is -0.379 e. The average Bonchev–Trinajstić information content (AvgIpc) is 3.40. The van der Waals surface area contributed by atoms with Crippen molar-refractivity contribution < 1.29 is 26.7 Å². The number of benzene rings is 2. The number of sulfonamides is 1. The number of carbonyl (C=O) groups excluding carboxylic acids is 1. The number of aromatic nitrogens is 1. The molecule has 2 aliphatic rings. The van der Waals surface area contributed by atoms with Gasteiger partial charge in [0.15, 0.2) is 10.9 Å². The molecule has 3 aromatic rings. The van der Waals surface area contributed by atoms with E-state index in [1.165, 1.54) is 39.5 Å². The lowest BCUT2D eigenvalue weighted by atomic mass is 9.96. The Morgan fingerprint density at radius 3 is 2.50 bits per heavy atom. The molecule has 40 heavy (non-hydrogen) atoms. The van der Waals surface area contributed by atoms with Crippen molar-refractivity contribution in [3.05, 3.63) is 53.6 Å². The summed E-state index contributed by atoms with van der Waals surface area (Å²) in [5.41, 5.74) is 0.302. The highest BCUT2D eigenvalue weighted by molar-refractivity contribution is 7.89. The molecule has 216 valence electrons. The Bertz CT molecular complexity index is 1440. The van der Waals surface area contributed by atoms with Gasteiger partial charge < -0.3 is 4.74 Å². The Morgan fingerprint density at radius 2 is 1.80 bits per heavy atom. The van der Waals surface area contributed by atoms with Gasteiger partial charge in [-0.3, -0.25) is 14.6 Å². The highest BCUT2D eigenvalue weighted by atomic mass is 32.2. The number of rotatable bonds is 9. The van der Waals surface area contributed by atoms with Crippen molar-refractivity contribution in [2.24, 2.45) is 0 Å². The van der Waals surface area contributed by atoms with Crippen LogP contribution in [-0.2, 0) is 14.8 Å². The predicted molar refractivity (Wildman–Crippen MR) is 151 cm³/mol. The number of halogens is 2. The molecule has 2 aromatic carbocycles. The van der Waals surface area contributed by atoms with Crippen molar-refractivity contribution in [2.45, 2.75) is 49.5 Å². The third kappa shape index (κ3) is 6.36. The first-order valence-corrected chi connectivity index (χ1v) is 16.0. The third-order valence-corrected chi connectivity index (χ3v) is 10.7. The number of carbonyl (C=O) groups is 1. The topological polar surface area (TPSA) is 83.1 Å². The van der Waals surface area contributed by atoms with Crippen LogP contribution in [0.25, 0.3) is 10.2 Å². The van der Waals surface area contributed by atoms with Gasteiger partial charge in [0, 0.05) is 50.9 Å². The molecule has 2 fully saturated rings. The Labute approximate surface area is 237 Å². The van der Waals surface area contributed by atoms with Crippen molar-refractivity contribution in [1.29, 1.82) is 0 Å². The number of nitrogens with zero attached hydrogens (tertiary/aromatic N) is 4.